The van der Waals surface area contributed by atoms with Gasteiger partial charge >= 0.3 is 0 Å². The first kappa shape index (κ1) is 22.5. The van der Waals surface area contributed by atoms with Crippen LogP contribution in [0, 0.1) is 5.92 Å². The molecule has 1 saturated heterocycles. The SMILES string of the molecule is CCOCCCN1C(=O)C(=Cc2c(NCC(C)C)nc3ccccn3c2=O)SC1=S. The summed E-state index contributed by atoms with van der Waals surface area (Å²) in [7, 11) is 0. The molecule has 0 aromatic carbocycles. The van der Waals surface area contributed by atoms with Crippen molar-refractivity contribution in [3.63, 3.8) is 0 Å². The van der Waals surface area contributed by atoms with Crippen LogP contribution in [0.4, 0.5) is 5.82 Å². The molecule has 1 aliphatic heterocycles. The molecule has 160 valence electrons. The van der Waals surface area contributed by atoms with Crippen LogP contribution in [0.15, 0.2) is 34.1 Å². The van der Waals surface area contributed by atoms with Gasteiger partial charge in [0.25, 0.3) is 11.5 Å². The van der Waals surface area contributed by atoms with E-state index in [1.54, 1.807) is 29.3 Å². The summed E-state index contributed by atoms with van der Waals surface area (Å²) < 4.78 is 7.32. The van der Waals surface area contributed by atoms with Gasteiger partial charge in [-0.15, -0.1) is 0 Å². The fraction of sp³-hybridized carbons (Fsp3) is 0.429. The second kappa shape index (κ2) is 10.2. The van der Waals surface area contributed by atoms with Gasteiger partial charge in [0.15, 0.2) is 0 Å². The number of amides is 1. The quantitative estimate of drug-likeness (QED) is 0.359. The highest BCUT2D eigenvalue weighted by Crippen LogP contribution is 2.33. The number of nitrogens with one attached hydrogen (secondary N) is 1. The zero-order chi connectivity index (χ0) is 21.7. The van der Waals surface area contributed by atoms with E-state index < -0.39 is 0 Å². The van der Waals surface area contributed by atoms with Gasteiger partial charge in [-0.25, -0.2) is 4.98 Å². The van der Waals surface area contributed by atoms with E-state index in [4.69, 9.17) is 17.0 Å². The number of carbonyl (C=O) groups is 1. The standard InChI is InChI=1S/C21H26N4O3S2/c1-4-28-11-7-10-25-20(27)16(30-21(25)29)12-15-18(22-13-14(2)3)23-17-8-5-6-9-24(17)19(15)26/h5-6,8-9,12,14,22H,4,7,10-11,13H2,1-3H3. The molecule has 3 rings (SSSR count). The van der Waals surface area contributed by atoms with Crippen LogP contribution in [0.1, 0.15) is 32.8 Å². The Kier molecular flexibility index (Phi) is 7.63. The van der Waals surface area contributed by atoms with Crippen LogP contribution in [0.5, 0.6) is 0 Å². The summed E-state index contributed by atoms with van der Waals surface area (Å²) >= 11 is 6.60. The molecule has 0 saturated carbocycles. The number of ether oxygens (including phenoxy) is 1. The van der Waals surface area contributed by atoms with Crippen LogP contribution in [-0.4, -0.2) is 50.8 Å². The molecule has 1 fully saturated rings. The second-order valence-electron chi connectivity index (χ2n) is 7.27. The highest BCUT2D eigenvalue weighted by molar-refractivity contribution is 8.26. The Morgan fingerprint density at radius 1 is 1.33 bits per heavy atom. The molecule has 0 atom stereocenters. The summed E-state index contributed by atoms with van der Waals surface area (Å²) in [5, 5.41) is 3.25. The molecular formula is C21H26N4O3S2. The third kappa shape index (κ3) is 5.08. The van der Waals surface area contributed by atoms with Crippen LogP contribution >= 0.6 is 24.0 Å². The molecule has 1 amide bonds. The van der Waals surface area contributed by atoms with Crippen molar-refractivity contribution in [1.29, 1.82) is 0 Å². The van der Waals surface area contributed by atoms with Crippen molar-refractivity contribution >= 4 is 51.7 Å². The fourth-order valence-electron chi connectivity index (χ4n) is 2.96. The normalized spacial score (nSPS) is 15.7. The lowest BCUT2D eigenvalue weighted by atomic mass is 10.2. The highest BCUT2D eigenvalue weighted by atomic mass is 32.2. The van der Waals surface area contributed by atoms with Gasteiger partial charge in [0.2, 0.25) is 0 Å². The number of pyridine rings is 1. The van der Waals surface area contributed by atoms with Gasteiger partial charge in [0.05, 0.1) is 10.5 Å². The molecule has 1 aliphatic rings. The van der Waals surface area contributed by atoms with Crippen LogP contribution in [0.3, 0.4) is 0 Å². The van der Waals surface area contributed by atoms with Crippen molar-refractivity contribution in [1.82, 2.24) is 14.3 Å². The van der Waals surface area contributed by atoms with E-state index in [-0.39, 0.29) is 11.5 Å². The van der Waals surface area contributed by atoms with Gasteiger partial charge in [0, 0.05) is 32.5 Å². The second-order valence-corrected chi connectivity index (χ2v) is 8.94. The maximum Gasteiger partial charge on any atom is 0.267 e. The Morgan fingerprint density at radius 3 is 2.87 bits per heavy atom. The van der Waals surface area contributed by atoms with E-state index in [1.165, 1.54) is 16.2 Å². The summed E-state index contributed by atoms with van der Waals surface area (Å²) in [6, 6.07) is 5.39. The molecule has 9 heteroatoms. The van der Waals surface area contributed by atoms with Crippen molar-refractivity contribution in [3.05, 3.63) is 45.2 Å². The molecule has 0 radical (unpaired) electrons. The Bertz CT molecular complexity index is 1030. The molecule has 1 N–H and O–H groups in total. The van der Waals surface area contributed by atoms with Crippen LogP contribution < -0.4 is 10.9 Å². The number of thiocarbonyl (C=S) groups is 1. The summed E-state index contributed by atoms with van der Waals surface area (Å²) in [6.07, 6.45) is 3.99. The Labute approximate surface area is 185 Å². The zero-order valence-electron chi connectivity index (χ0n) is 17.4. The number of hydrogen-bond donors (Lipinski definition) is 1. The third-order valence-electron chi connectivity index (χ3n) is 4.47. The predicted molar refractivity (Wildman–Crippen MR) is 126 cm³/mol. The van der Waals surface area contributed by atoms with Crippen molar-refractivity contribution < 1.29 is 9.53 Å². The number of anilines is 1. The summed E-state index contributed by atoms with van der Waals surface area (Å²) in [5.41, 5.74) is 0.678. The number of carbonyl (C=O) groups excluding carboxylic acids is 1. The fourth-order valence-corrected chi connectivity index (χ4v) is 4.25. The number of nitrogens with zero attached hydrogens (tertiary/aromatic N) is 3. The highest BCUT2D eigenvalue weighted by Gasteiger charge is 2.32. The first-order valence-corrected chi connectivity index (χ1v) is 11.2. The first-order chi connectivity index (χ1) is 14.4. The topological polar surface area (TPSA) is 75.9 Å². The van der Waals surface area contributed by atoms with E-state index in [2.05, 4.69) is 24.1 Å². The minimum atomic E-state index is -0.228. The predicted octanol–water partition coefficient (Wildman–Crippen LogP) is 3.39. The van der Waals surface area contributed by atoms with Gasteiger partial charge in [-0.05, 0) is 37.5 Å². The first-order valence-electron chi connectivity index (χ1n) is 10.0. The Morgan fingerprint density at radius 2 is 2.13 bits per heavy atom. The maximum absolute atomic E-state index is 13.2. The minimum Gasteiger partial charge on any atom is -0.382 e. The number of aromatic nitrogens is 2. The average molecular weight is 447 g/mol. The Balaban J connectivity index is 1.95. The molecule has 3 heterocycles. The number of hydrogen-bond acceptors (Lipinski definition) is 7. The lowest BCUT2D eigenvalue weighted by Crippen LogP contribution is -2.29. The number of rotatable bonds is 9. The molecule has 2 aromatic rings. The molecule has 0 unspecified atom stereocenters. The van der Waals surface area contributed by atoms with Crippen molar-refractivity contribution in [2.75, 3.05) is 31.6 Å². The monoisotopic (exact) mass is 446 g/mol. The number of fused-ring (bicyclic) bond motifs is 1. The van der Waals surface area contributed by atoms with E-state index >= 15 is 0 Å². The van der Waals surface area contributed by atoms with Crippen LogP contribution in [-0.2, 0) is 9.53 Å². The zero-order valence-corrected chi connectivity index (χ0v) is 19.0. The van der Waals surface area contributed by atoms with E-state index in [0.717, 1.165) is 0 Å². The minimum absolute atomic E-state index is 0.186. The molecule has 0 bridgehead atoms. The van der Waals surface area contributed by atoms with Gasteiger partial charge < -0.3 is 10.1 Å². The van der Waals surface area contributed by atoms with E-state index in [1.807, 2.05) is 13.0 Å². The molecule has 7 nitrogen and oxygen atoms in total. The smallest absolute Gasteiger partial charge is 0.267 e. The molecule has 30 heavy (non-hydrogen) atoms. The largest absolute Gasteiger partial charge is 0.382 e. The number of thioether (sulfide) groups is 1. The van der Waals surface area contributed by atoms with Crippen LogP contribution in [0.25, 0.3) is 11.7 Å². The summed E-state index contributed by atoms with van der Waals surface area (Å²) in [5.74, 6) is 0.660. The summed E-state index contributed by atoms with van der Waals surface area (Å²) in [6.45, 7) is 8.46. The lowest BCUT2D eigenvalue weighted by Gasteiger charge is -2.14. The van der Waals surface area contributed by atoms with Crippen molar-refractivity contribution in [3.8, 4) is 0 Å². The molecule has 0 spiro atoms. The third-order valence-corrected chi connectivity index (χ3v) is 5.85. The van der Waals surface area contributed by atoms with Gasteiger partial charge in [-0.3, -0.25) is 18.9 Å². The summed E-state index contributed by atoms with van der Waals surface area (Å²) in [4.78, 5) is 32.6. The molecule has 0 aliphatic carbocycles. The molecule has 2 aromatic heterocycles. The van der Waals surface area contributed by atoms with Crippen molar-refractivity contribution in [2.24, 2.45) is 5.92 Å². The Hall–Kier alpha value is -2.23. The lowest BCUT2D eigenvalue weighted by molar-refractivity contribution is -0.122. The van der Waals surface area contributed by atoms with Crippen molar-refractivity contribution in [2.45, 2.75) is 27.2 Å². The van der Waals surface area contributed by atoms with E-state index in [9.17, 15) is 9.59 Å². The van der Waals surface area contributed by atoms with Crippen LogP contribution in [0.2, 0.25) is 0 Å². The maximum atomic E-state index is 13.2. The van der Waals surface area contributed by atoms with E-state index in [0.29, 0.717) is 64.9 Å². The van der Waals surface area contributed by atoms with Gasteiger partial charge in [-0.2, -0.15) is 0 Å². The van der Waals surface area contributed by atoms with Gasteiger partial charge in [0.1, 0.15) is 15.8 Å². The average Bonchev–Trinajstić information content (AvgIpc) is 2.99. The molecular weight excluding hydrogens is 420 g/mol. The van der Waals surface area contributed by atoms with Gasteiger partial charge in [-0.1, -0.05) is 43.9 Å².